The predicted molar refractivity (Wildman–Crippen MR) is 122 cm³/mol. The van der Waals surface area contributed by atoms with Crippen molar-refractivity contribution >= 4 is 5.69 Å². The van der Waals surface area contributed by atoms with Gasteiger partial charge in [-0.15, -0.1) is 0 Å². The Morgan fingerprint density at radius 3 is 2.65 bits per heavy atom. The fourth-order valence-corrected chi connectivity index (χ4v) is 4.20. The number of anilines is 1. The molecule has 31 heavy (non-hydrogen) atoms. The summed E-state index contributed by atoms with van der Waals surface area (Å²) in [6, 6.07) is 19.1. The Labute approximate surface area is 183 Å². The zero-order chi connectivity index (χ0) is 21.8. The monoisotopic (exact) mass is 420 g/mol. The summed E-state index contributed by atoms with van der Waals surface area (Å²) in [7, 11) is 0. The van der Waals surface area contributed by atoms with Crippen LogP contribution in [0.4, 0.5) is 10.1 Å². The number of hydrogen-bond donors (Lipinski definition) is 1. The van der Waals surface area contributed by atoms with E-state index < -0.39 is 0 Å². The normalized spacial score (nSPS) is 18.8. The van der Waals surface area contributed by atoms with Crippen molar-refractivity contribution in [1.82, 2.24) is 4.98 Å². The largest absolute Gasteiger partial charge is 0.472 e. The van der Waals surface area contributed by atoms with E-state index in [0.29, 0.717) is 30.0 Å². The summed E-state index contributed by atoms with van der Waals surface area (Å²) in [6.07, 6.45) is 0.873. The van der Waals surface area contributed by atoms with Gasteiger partial charge in [-0.25, -0.2) is 9.37 Å². The van der Waals surface area contributed by atoms with E-state index in [0.717, 1.165) is 41.9 Å². The first-order chi connectivity index (χ1) is 15.0. The molecule has 0 spiro atoms. The van der Waals surface area contributed by atoms with Crippen LogP contribution in [0.15, 0.2) is 60.7 Å². The van der Waals surface area contributed by atoms with Gasteiger partial charge in [0, 0.05) is 31.0 Å². The van der Waals surface area contributed by atoms with Crippen molar-refractivity contribution in [2.24, 2.45) is 11.8 Å². The molecule has 2 unspecified atom stereocenters. The van der Waals surface area contributed by atoms with E-state index in [1.54, 1.807) is 6.07 Å². The lowest BCUT2D eigenvalue weighted by atomic mass is 9.87. The molecule has 0 bridgehead atoms. The summed E-state index contributed by atoms with van der Waals surface area (Å²) in [5.41, 5.74) is 4.04. The molecule has 0 amide bonds. The second-order valence-electron chi connectivity index (χ2n) is 8.40. The summed E-state index contributed by atoms with van der Waals surface area (Å²) in [5, 5.41) is 9.49. The van der Waals surface area contributed by atoms with Gasteiger partial charge in [0.05, 0.1) is 5.69 Å². The van der Waals surface area contributed by atoms with Gasteiger partial charge >= 0.3 is 0 Å². The van der Waals surface area contributed by atoms with Crippen molar-refractivity contribution < 1.29 is 14.2 Å². The number of rotatable bonds is 6. The molecule has 5 heteroatoms. The number of piperidine rings is 1. The van der Waals surface area contributed by atoms with Gasteiger partial charge in [-0.05, 0) is 60.6 Å². The zero-order valence-electron chi connectivity index (χ0n) is 18.1. The fourth-order valence-electron chi connectivity index (χ4n) is 4.20. The Bertz CT molecular complexity index is 1030. The van der Waals surface area contributed by atoms with Crippen molar-refractivity contribution in [3.63, 3.8) is 0 Å². The number of aromatic nitrogens is 1. The number of aliphatic hydroxyl groups excluding tert-OH is 1. The maximum absolute atomic E-state index is 15.1. The number of aliphatic hydroxyl groups is 1. The van der Waals surface area contributed by atoms with Gasteiger partial charge in [-0.1, -0.05) is 43.3 Å². The highest BCUT2D eigenvalue weighted by Gasteiger charge is 2.27. The maximum atomic E-state index is 15.1. The predicted octanol–water partition coefficient (Wildman–Crippen LogP) is 5.23. The van der Waals surface area contributed by atoms with Crippen LogP contribution in [0.3, 0.4) is 0 Å². The second kappa shape index (κ2) is 9.48. The van der Waals surface area contributed by atoms with Crippen LogP contribution >= 0.6 is 0 Å². The van der Waals surface area contributed by atoms with Gasteiger partial charge in [0.2, 0.25) is 5.88 Å². The molecule has 1 aromatic heterocycles. The van der Waals surface area contributed by atoms with E-state index in [4.69, 9.17) is 4.74 Å². The van der Waals surface area contributed by atoms with Gasteiger partial charge in [0.1, 0.15) is 12.4 Å². The van der Waals surface area contributed by atoms with Crippen LogP contribution in [-0.2, 0) is 6.61 Å². The highest BCUT2D eigenvalue weighted by molar-refractivity contribution is 5.71. The molecule has 0 saturated carbocycles. The molecule has 1 saturated heterocycles. The number of nitrogens with zero attached hydrogens (tertiary/aromatic N) is 2. The molecule has 2 heterocycles. The smallest absolute Gasteiger partial charge is 0.221 e. The minimum Gasteiger partial charge on any atom is -0.472 e. The highest BCUT2D eigenvalue weighted by Crippen LogP contribution is 2.34. The number of ether oxygens (including phenoxy) is 1. The molecular weight excluding hydrogens is 391 g/mol. The Morgan fingerprint density at radius 1 is 1.13 bits per heavy atom. The topological polar surface area (TPSA) is 45.6 Å². The lowest BCUT2D eigenvalue weighted by molar-refractivity contribution is 0.162. The molecule has 4 rings (SSSR count). The molecule has 0 aliphatic carbocycles. The Morgan fingerprint density at radius 2 is 1.94 bits per heavy atom. The van der Waals surface area contributed by atoms with E-state index in [1.165, 1.54) is 0 Å². The summed E-state index contributed by atoms with van der Waals surface area (Å²) < 4.78 is 21.2. The fraction of sp³-hybridized carbons (Fsp3) is 0.346. The van der Waals surface area contributed by atoms with Crippen LogP contribution in [0.25, 0.3) is 11.1 Å². The minimum atomic E-state index is -0.248. The van der Waals surface area contributed by atoms with Gasteiger partial charge in [0.25, 0.3) is 0 Å². The SMILES string of the molecule is Cc1ccc(-c2ccc(N3CCC(CO)C(C)C3)c(F)c2)c(OCc2ccccc2)n1. The summed E-state index contributed by atoms with van der Waals surface area (Å²) in [5.74, 6) is 0.883. The van der Waals surface area contributed by atoms with Crippen molar-refractivity contribution in [1.29, 1.82) is 0 Å². The van der Waals surface area contributed by atoms with Gasteiger partial charge in [0.15, 0.2) is 0 Å². The van der Waals surface area contributed by atoms with Gasteiger partial charge in [-0.2, -0.15) is 0 Å². The first-order valence-corrected chi connectivity index (χ1v) is 10.8. The molecule has 3 aromatic rings. The quantitative estimate of drug-likeness (QED) is 0.593. The van der Waals surface area contributed by atoms with E-state index in [9.17, 15) is 5.11 Å². The van der Waals surface area contributed by atoms with Gasteiger partial charge < -0.3 is 14.7 Å². The highest BCUT2D eigenvalue weighted by atomic mass is 19.1. The first kappa shape index (κ1) is 21.3. The first-order valence-electron chi connectivity index (χ1n) is 10.8. The molecule has 4 nitrogen and oxygen atoms in total. The molecule has 2 aromatic carbocycles. The number of pyridine rings is 1. The van der Waals surface area contributed by atoms with Crippen molar-refractivity contribution in [2.45, 2.75) is 26.9 Å². The third-order valence-corrected chi connectivity index (χ3v) is 6.13. The number of hydrogen-bond acceptors (Lipinski definition) is 4. The maximum Gasteiger partial charge on any atom is 0.221 e. The Hall–Kier alpha value is -2.92. The molecular formula is C26H29FN2O2. The summed E-state index contributed by atoms with van der Waals surface area (Å²) in [6.45, 7) is 6.14. The lowest BCUT2D eigenvalue weighted by Gasteiger charge is -2.37. The van der Waals surface area contributed by atoms with Crippen molar-refractivity contribution in [3.05, 3.63) is 77.7 Å². The molecule has 2 atom stereocenters. The Kier molecular flexibility index (Phi) is 6.52. The van der Waals surface area contributed by atoms with E-state index in [-0.39, 0.29) is 12.4 Å². The average molecular weight is 421 g/mol. The van der Waals surface area contributed by atoms with Crippen LogP contribution in [0.2, 0.25) is 0 Å². The summed E-state index contributed by atoms with van der Waals surface area (Å²) >= 11 is 0. The van der Waals surface area contributed by atoms with E-state index >= 15 is 4.39 Å². The Balaban J connectivity index is 1.56. The molecule has 0 radical (unpaired) electrons. The lowest BCUT2D eigenvalue weighted by Crippen LogP contribution is -2.40. The van der Waals surface area contributed by atoms with E-state index in [1.807, 2.05) is 61.5 Å². The van der Waals surface area contributed by atoms with Crippen molar-refractivity contribution in [2.75, 3.05) is 24.6 Å². The molecule has 1 fully saturated rings. The molecule has 1 aliphatic heterocycles. The molecule has 1 N–H and O–H groups in total. The summed E-state index contributed by atoms with van der Waals surface area (Å²) in [4.78, 5) is 6.63. The van der Waals surface area contributed by atoms with Crippen LogP contribution in [0, 0.1) is 24.6 Å². The average Bonchev–Trinajstić information content (AvgIpc) is 2.78. The van der Waals surface area contributed by atoms with Crippen LogP contribution in [0.5, 0.6) is 5.88 Å². The number of aryl methyl sites for hydroxylation is 1. The molecule has 162 valence electrons. The minimum absolute atomic E-state index is 0.197. The number of halogens is 1. The standard InChI is InChI=1S/C26H29FN2O2/c1-18-15-29(13-12-22(18)16-30)25-11-9-21(14-24(25)27)23-10-8-19(2)28-26(23)31-17-20-6-4-3-5-7-20/h3-11,14,18,22,30H,12-13,15-17H2,1-2H3. The van der Waals surface area contributed by atoms with Gasteiger partial charge in [-0.3, -0.25) is 0 Å². The number of benzene rings is 2. The molecule has 1 aliphatic rings. The van der Waals surface area contributed by atoms with Crippen LogP contribution in [-0.4, -0.2) is 29.8 Å². The van der Waals surface area contributed by atoms with Crippen LogP contribution in [0.1, 0.15) is 24.6 Å². The zero-order valence-corrected chi connectivity index (χ0v) is 18.1. The third kappa shape index (κ3) is 4.88. The second-order valence-corrected chi connectivity index (χ2v) is 8.40. The van der Waals surface area contributed by atoms with Crippen molar-refractivity contribution in [3.8, 4) is 17.0 Å². The van der Waals surface area contributed by atoms with E-state index in [2.05, 4.69) is 16.8 Å². The van der Waals surface area contributed by atoms with Crippen LogP contribution < -0.4 is 9.64 Å². The third-order valence-electron chi connectivity index (χ3n) is 6.13.